The second-order valence-electron chi connectivity index (χ2n) is 7.56. The molecule has 32 heavy (non-hydrogen) atoms. The molecule has 5 aromatic rings. The summed E-state index contributed by atoms with van der Waals surface area (Å²) in [5.74, 6) is 0.864. The van der Waals surface area contributed by atoms with Gasteiger partial charge in [-0.2, -0.15) is 5.10 Å². The average Bonchev–Trinajstić information content (AvgIpc) is 3.19. The minimum absolute atomic E-state index is 0.378. The Balaban J connectivity index is 1.84. The summed E-state index contributed by atoms with van der Waals surface area (Å²) >= 11 is 6.17. The zero-order valence-electron chi connectivity index (χ0n) is 17.5. The van der Waals surface area contributed by atoms with Crippen LogP contribution in [0.15, 0.2) is 64.1 Å². The van der Waals surface area contributed by atoms with E-state index < -0.39 is 11.7 Å². The number of nitrogens with zero attached hydrogens (tertiary/aromatic N) is 4. The van der Waals surface area contributed by atoms with Crippen LogP contribution in [0.2, 0.25) is 5.02 Å². The minimum atomic E-state index is -0.453. The highest BCUT2D eigenvalue weighted by molar-refractivity contribution is 6.31. The van der Waals surface area contributed by atoms with Crippen LogP contribution in [0.3, 0.4) is 0 Å². The minimum Gasteiger partial charge on any atom is -0.424 e. The van der Waals surface area contributed by atoms with Crippen molar-refractivity contribution >= 4 is 39.2 Å². The third-order valence-corrected chi connectivity index (χ3v) is 5.89. The maximum atomic E-state index is 12.9. The molecule has 2 aromatic carbocycles. The van der Waals surface area contributed by atoms with Crippen LogP contribution in [-0.4, -0.2) is 19.7 Å². The van der Waals surface area contributed by atoms with Gasteiger partial charge in [0.15, 0.2) is 5.65 Å². The Labute approximate surface area is 188 Å². The predicted octanol–water partition coefficient (Wildman–Crippen LogP) is 5.01. The number of hydrogen-bond acceptors (Lipinski definition) is 6. The van der Waals surface area contributed by atoms with E-state index in [4.69, 9.17) is 26.9 Å². The van der Waals surface area contributed by atoms with Crippen LogP contribution in [0.25, 0.3) is 32.9 Å². The van der Waals surface area contributed by atoms with Crippen molar-refractivity contribution in [2.45, 2.75) is 26.3 Å². The van der Waals surface area contributed by atoms with Crippen LogP contribution in [0, 0.1) is 0 Å². The normalized spacial score (nSPS) is 12.5. The summed E-state index contributed by atoms with van der Waals surface area (Å²) in [5, 5.41) is 7.14. The van der Waals surface area contributed by atoms with E-state index >= 15 is 0 Å². The zero-order chi connectivity index (χ0) is 22.4. The molecule has 0 saturated heterocycles. The van der Waals surface area contributed by atoms with Gasteiger partial charge in [0.05, 0.1) is 16.5 Å². The highest BCUT2D eigenvalue weighted by Crippen LogP contribution is 2.37. The van der Waals surface area contributed by atoms with Gasteiger partial charge in [0.2, 0.25) is 0 Å². The Morgan fingerprint density at radius 2 is 1.91 bits per heavy atom. The Hall–Kier alpha value is -3.71. The first-order valence-electron chi connectivity index (χ1n) is 10.3. The fourth-order valence-electron chi connectivity index (χ4n) is 4.13. The van der Waals surface area contributed by atoms with Gasteiger partial charge < -0.3 is 10.2 Å². The number of rotatable bonds is 4. The van der Waals surface area contributed by atoms with Crippen molar-refractivity contribution in [2.75, 3.05) is 5.73 Å². The maximum Gasteiger partial charge on any atom is 0.343 e. The number of nitrogen functional groups attached to an aromatic ring is 1. The summed E-state index contributed by atoms with van der Waals surface area (Å²) in [6.45, 7) is 3.93. The van der Waals surface area contributed by atoms with Crippen molar-refractivity contribution in [1.29, 1.82) is 0 Å². The first-order chi connectivity index (χ1) is 15.5. The molecule has 0 spiro atoms. The Kier molecular flexibility index (Phi) is 4.90. The molecule has 2 N–H and O–H groups in total. The molecule has 0 aliphatic rings. The summed E-state index contributed by atoms with van der Waals surface area (Å²) in [4.78, 5) is 21.5. The highest BCUT2D eigenvalue weighted by Gasteiger charge is 2.25. The molecule has 0 radical (unpaired) electrons. The van der Waals surface area contributed by atoms with Crippen LogP contribution < -0.4 is 11.4 Å². The number of nitrogens with two attached hydrogens (primary N) is 1. The van der Waals surface area contributed by atoms with Crippen molar-refractivity contribution in [1.82, 2.24) is 19.7 Å². The fourth-order valence-corrected chi connectivity index (χ4v) is 4.31. The van der Waals surface area contributed by atoms with Gasteiger partial charge in [0.25, 0.3) is 0 Å². The SMILES string of the molecule is CCc1nn(C(C)c2oc(=O)c3cc(Cl)ccc3c2-c2ccccc2)c2ncnc(N)c12. The van der Waals surface area contributed by atoms with Gasteiger partial charge in [-0.05, 0) is 31.0 Å². The second-order valence-corrected chi connectivity index (χ2v) is 8.00. The number of fused-ring (bicyclic) bond motifs is 2. The van der Waals surface area contributed by atoms with Crippen molar-refractivity contribution in [3.63, 3.8) is 0 Å². The van der Waals surface area contributed by atoms with Crippen LogP contribution in [0.5, 0.6) is 0 Å². The van der Waals surface area contributed by atoms with E-state index in [-0.39, 0.29) is 0 Å². The van der Waals surface area contributed by atoms with E-state index in [2.05, 4.69) is 9.97 Å². The van der Waals surface area contributed by atoms with E-state index in [1.54, 1.807) is 16.8 Å². The molecule has 1 unspecified atom stereocenters. The molecule has 5 rings (SSSR count). The summed E-state index contributed by atoms with van der Waals surface area (Å²) in [6, 6.07) is 14.6. The standard InChI is InChI=1S/C24H20ClN5O2/c1-3-18-20-22(26)27-12-28-23(20)30(29-18)13(2)21-19(14-7-5-4-6-8-14)16-10-9-15(25)11-17(16)24(31)32-21/h4-13H,3H2,1-2H3,(H2,26,27,28). The number of anilines is 1. The van der Waals surface area contributed by atoms with E-state index in [9.17, 15) is 4.79 Å². The Morgan fingerprint density at radius 1 is 1.12 bits per heavy atom. The molecule has 8 heteroatoms. The molecule has 160 valence electrons. The average molecular weight is 446 g/mol. The van der Waals surface area contributed by atoms with E-state index in [0.717, 1.165) is 27.6 Å². The summed E-state index contributed by atoms with van der Waals surface area (Å²) in [7, 11) is 0. The van der Waals surface area contributed by atoms with Crippen LogP contribution in [-0.2, 0) is 6.42 Å². The first kappa shape index (κ1) is 20.2. The van der Waals surface area contributed by atoms with Crippen LogP contribution in [0.4, 0.5) is 5.82 Å². The van der Waals surface area contributed by atoms with E-state index in [0.29, 0.717) is 34.1 Å². The van der Waals surface area contributed by atoms with Crippen molar-refractivity contribution in [2.24, 2.45) is 0 Å². The number of benzene rings is 2. The van der Waals surface area contributed by atoms with Gasteiger partial charge in [-0.3, -0.25) is 0 Å². The summed E-state index contributed by atoms with van der Waals surface area (Å²) < 4.78 is 7.67. The molecule has 3 heterocycles. The molecule has 3 aromatic heterocycles. The summed E-state index contributed by atoms with van der Waals surface area (Å²) in [6.07, 6.45) is 2.08. The second kappa shape index (κ2) is 7.76. The number of halogens is 1. The lowest BCUT2D eigenvalue weighted by Crippen LogP contribution is -2.14. The molecule has 0 bridgehead atoms. The highest BCUT2D eigenvalue weighted by atomic mass is 35.5. The van der Waals surface area contributed by atoms with Crippen molar-refractivity contribution in [3.05, 3.63) is 81.8 Å². The van der Waals surface area contributed by atoms with E-state index in [1.807, 2.05) is 50.2 Å². The lowest BCUT2D eigenvalue weighted by Gasteiger charge is -2.18. The molecule has 0 aliphatic heterocycles. The Bertz CT molecular complexity index is 1530. The summed E-state index contributed by atoms with van der Waals surface area (Å²) in [5.41, 5.74) is 8.80. The van der Waals surface area contributed by atoms with Crippen LogP contribution >= 0.6 is 11.6 Å². The van der Waals surface area contributed by atoms with Crippen LogP contribution in [0.1, 0.15) is 31.3 Å². The largest absolute Gasteiger partial charge is 0.424 e. The van der Waals surface area contributed by atoms with Gasteiger partial charge in [-0.25, -0.2) is 19.4 Å². The first-order valence-corrected chi connectivity index (χ1v) is 10.7. The molecular formula is C24H20ClN5O2. The Morgan fingerprint density at radius 3 is 2.66 bits per heavy atom. The zero-order valence-corrected chi connectivity index (χ0v) is 18.3. The number of aryl methyl sites for hydroxylation is 1. The van der Waals surface area contributed by atoms with Gasteiger partial charge in [0, 0.05) is 16.0 Å². The molecular weight excluding hydrogens is 426 g/mol. The van der Waals surface area contributed by atoms with Crippen molar-refractivity contribution < 1.29 is 4.42 Å². The van der Waals surface area contributed by atoms with Gasteiger partial charge in [-0.1, -0.05) is 54.9 Å². The molecule has 0 amide bonds. The van der Waals surface area contributed by atoms with Gasteiger partial charge in [-0.15, -0.1) is 0 Å². The fraction of sp³-hybridized carbons (Fsp3) is 0.167. The lowest BCUT2D eigenvalue weighted by atomic mass is 9.96. The van der Waals surface area contributed by atoms with E-state index in [1.165, 1.54) is 6.33 Å². The monoisotopic (exact) mass is 445 g/mol. The quantitative estimate of drug-likeness (QED) is 0.417. The molecule has 1 atom stereocenters. The number of aromatic nitrogens is 4. The molecule has 0 fully saturated rings. The molecule has 0 saturated carbocycles. The van der Waals surface area contributed by atoms with Gasteiger partial charge >= 0.3 is 5.63 Å². The third-order valence-electron chi connectivity index (χ3n) is 5.65. The molecule has 7 nitrogen and oxygen atoms in total. The predicted molar refractivity (Wildman–Crippen MR) is 126 cm³/mol. The lowest BCUT2D eigenvalue weighted by molar-refractivity contribution is 0.404. The van der Waals surface area contributed by atoms with Crippen molar-refractivity contribution in [3.8, 4) is 11.1 Å². The maximum absolute atomic E-state index is 12.9. The third kappa shape index (κ3) is 3.13. The topological polar surface area (TPSA) is 99.8 Å². The number of hydrogen-bond donors (Lipinski definition) is 1. The smallest absolute Gasteiger partial charge is 0.343 e. The molecule has 0 aliphatic carbocycles. The van der Waals surface area contributed by atoms with Gasteiger partial charge in [0.1, 0.15) is 23.9 Å².